The Morgan fingerprint density at radius 3 is 2.14 bits per heavy atom. The van der Waals surface area contributed by atoms with E-state index in [1.807, 2.05) is 30.3 Å². The van der Waals surface area contributed by atoms with Crippen LogP contribution < -0.4 is 0 Å². The molecule has 0 aliphatic rings. The van der Waals surface area contributed by atoms with Crippen molar-refractivity contribution in [2.75, 3.05) is 0 Å². The molecule has 0 radical (unpaired) electrons. The van der Waals surface area contributed by atoms with E-state index in [2.05, 4.69) is 5.10 Å². The van der Waals surface area contributed by atoms with Gasteiger partial charge in [-0.2, -0.15) is 18.3 Å². The predicted molar refractivity (Wildman–Crippen MR) is 101 cm³/mol. The molecule has 0 fully saturated rings. The molecule has 4 rings (SSSR count). The molecule has 0 aliphatic heterocycles. The fourth-order valence-corrected chi connectivity index (χ4v) is 3.34. The number of fused-ring (bicyclic) bond motifs is 1. The van der Waals surface area contributed by atoms with Crippen molar-refractivity contribution in [3.8, 4) is 5.69 Å². The van der Waals surface area contributed by atoms with Crippen LogP contribution in [-0.4, -0.2) is 21.1 Å². The maximum atomic E-state index is 13.7. The van der Waals surface area contributed by atoms with Crippen molar-refractivity contribution in [2.24, 2.45) is 0 Å². The van der Waals surface area contributed by atoms with Crippen LogP contribution in [0.4, 0.5) is 13.2 Å². The molecule has 6 heteroatoms. The van der Waals surface area contributed by atoms with Crippen LogP contribution in [0.2, 0.25) is 0 Å². The minimum absolute atomic E-state index is 0.178. The van der Waals surface area contributed by atoms with Gasteiger partial charge in [-0.25, -0.2) is 4.68 Å². The number of aliphatic hydroxyl groups is 1. The van der Waals surface area contributed by atoms with Crippen LogP contribution in [-0.2, 0) is 12.0 Å². The number of para-hydroxylation sites is 1. The van der Waals surface area contributed by atoms with Crippen LogP contribution in [0.5, 0.6) is 0 Å². The molecule has 0 saturated carbocycles. The van der Waals surface area contributed by atoms with Crippen molar-refractivity contribution in [3.05, 3.63) is 96.2 Å². The second-order valence-corrected chi connectivity index (χ2v) is 6.69. The van der Waals surface area contributed by atoms with E-state index in [-0.39, 0.29) is 5.56 Å². The monoisotopic (exact) mass is 382 g/mol. The summed E-state index contributed by atoms with van der Waals surface area (Å²) in [4.78, 5) is 0. The Morgan fingerprint density at radius 1 is 0.857 bits per heavy atom. The molecule has 1 N–H and O–H groups in total. The Morgan fingerprint density at radius 2 is 1.50 bits per heavy atom. The first-order chi connectivity index (χ1) is 13.4. The number of rotatable bonds is 4. The van der Waals surface area contributed by atoms with E-state index in [1.54, 1.807) is 35.1 Å². The molecule has 1 unspecified atom stereocenters. The van der Waals surface area contributed by atoms with Gasteiger partial charge in [0, 0.05) is 11.8 Å². The van der Waals surface area contributed by atoms with Crippen LogP contribution in [0.15, 0.2) is 85.1 Å². The summed E-state index contributed by atoms with van der Waals surface area (Å²) < 4.78 is 43.0. The standard InChI is InChI=1S/C22H17F3N2O/c23-22(24,25)21(28,18-7-3-1-4-8-18)14-16-11-12-20-17(13-16)15-26-27(20)19-9-5-2-6-10-19/h1-13,15,28H,14H2. The zero-order valence-electron chi connectivity index (χ0n) is 14.8. The smallest absolute Gasteiger partial charge is 0.376 e. The lowest BCUT2D eigenvalue weighted by atomic mass is 9.86. The predicted octanol–water partition coefficient (Wildman–Crippen LogP) is 5.02. The Hall–Kier alpha value is -3.12. The maximum absolute atomic E-state index is 13.7. The summed E-state index contributed by atoms with van der Waals surface area (Å²) in [7, 11) is 0. The van der Waals surface area contributed by atoms with Gasteiger partial charge < -0.3 is 5.11 Å². The fraction of sp³-hybridized carbons (Fsp3) is 0.136. The third kappa shape index (κ3) is 3.16. The topological polar surface area (TPSA) is 38.1 Å². The number of nitrogens with zero attached hydrogens (tertiary/aromatic N) is 2. The number of benzene rings is 3. The summed E-state index contributed by atoms with van der Waals surface area (Å²) in [5, 5.41) is 15.6. The zero-order chi connectivity index (χ0) is 19.8. The van der Waals surface area contributed by atoms with Gasteiger partial charge in [-0.1, -0.05) is 54.6 Å². The van der Waals surface area contributed by atoms with Gasteiger partial charge in [-0.3, -0.25) is 0 Å². The highest BCUT2D eigenvalue weighted by Gasteiger charge is 2.54. The van der Waals surface area contributed by atoms with Gasteiger partial charge >= 0.3 is 6.18 Å². The zero-order valence-corrected chi connectivity index (χ0v) is 14.8. The highest BCUT2D eigenvalue weighted by atomic mass is 19.4. The molecule has 0 bridgehead atoms. The number of halogens is 3. The van der Waals surface area contributed by atoms with E-state index in [0.717, 1.165) is 11.2 Å². The van der Waals surface area contributed by atoms with E-state index in [1.165, 1.54) is 24.3 Å². The molecule has 0 saturated heterocycles. The lowest BCUT2D eigenvalue weighted by Crippen LogP contribution is -2.44. The molecule has 0 amide bonds. The first-order valence-electron chi connectivity index (χ1n) is 8.75. The summed E-state index contributed by atoms with van der Waals surface area (Å²) in [5.74, 6) is 0. The largest absolute Gasteiger partial charge is 0.421 e. The molecule has 142 valence electrons. The van der Waals surface area contributed by atoms with Gasteiger partial charge in [-0.05, 0) is 35.4 Å². The molecule has 1 heterocycles. The van der Waals surface area contributed by atoms with E-state index in [9.17, 15) is 18.3 Å². The Kier molecular flexibility index (Phi) is 4.43. The number of hydrogen-bond acceptors (Lipinski definition) is 2. The summed E-state index contributed by atoms with van der Waals surface area (Å²) in [6, 6.07) is 21.6. The minimum atomic E-state index is -4.81. The van der Waals surface area contributed by atoms with Crippen LogP contribution in [0.3, 0.4) is 0 Å². The molecule has 0 spiro atoms. The molecule has 4 aromatic rings. The Bertz CT molecular complexity index is 1090. The van der Waals surface area contributed by atoms with Crippen LogP contribution in [0, 0.1) is 0 Å². The maximum Gasteiger partial charge on any atom is 0.421 e. The number of hydrogen-bond donors (Lipinski definition) is 1. The van der Waals surface area contributed by atoms with Crippen LogP contribution in [0.25, 0.3) is 16.6 Å². The summed E-state index contributed by atoms with van der Waals surface area (Å²) in [6.45, 7) is 0. The lowest BCUT2D eigenvalue weighted by Gasteiger charge is -2.31. The van der Waals surface area contributed by atoms with Gasteiger partial charge in [-0.15, -0.1) is 0 Å². The molecule has 1 atom stereocenters. The lowest BCUT2D eigenvalue weighted by molar-refractivity contribution is -0.266. The second-order valence-electron chi connectivity index (χ2n) is 6.69. The Labute approximate surface area is 159 Å². The van der Waals surface area contributed by atoms with E-state index < -0.39 is 18.2 Å². The molecular weight excluding hydrogens is 365 g/mol. The average molecular weight is 382 g/mol. The minimum Gasteiger partial charge on any atom is -0.376 e. The number of alkyl halides is 3. The van der Waals surface area contributed by atoms with E-state index in [4.69, 9.17) is 0 Å². The molecule has 3 aromatic carbocycles. The first-order valence-corrected chi connectivity index (χ1v) is 8.75. The third-order valence-corrected chi connectivity index (χ3v) is 4.81. The first kappa shape index (κ1) is 18.3. The van der Waals surface area contributed by atoms with E-state index >= 15 is 0 Å². The SMILES string of the molecule is OC(Cc1ccc2c(cnn2-c2ccccc2)c1)(c1ccccc1)C(F)(F)F. The molecule has 3 nitrogen and oxygen atoms in total. The summed E-state index contributed by atoms with van der Waals surface area (Å²) in [5.41, 5.74) is -1.12. The second kappa shape index (κ2) is 6.80. The van der Waals surface area contributed by atoms with Crippen molar-refractivity contribution in [3.63, 3.8) is 0 Å². The highest BCUT2D eigenvalue weighted by Crippen LogP contribution is 2.41. The van der Waals surface area contributed by atoms with Crippen molar-refractivity contribution in [1.82, 2.24) is 9.78 Å². The van der Waals surface area contributed by atoms with Crippen LogP contribution >= 0.6 is 0 Å². The molecular formula is C22H17F3N2O. The molecule has 0 aliphatic carbocycles. The molecule has 28 heavy (non-hydrogen) atoms. The fourth-order valence-electron chi connectivity index (χ4n) is 3.34. The van der Waals surface area contributed by atoms with Crippen molar-refractivity contribution < 1.29 is 18.3 Å². The van der Waals surface area contributed by atoms with E-state index in [0.29, 0.717) is 10.9 Å². The van der Waals surface area contributed by atoms with Gasteiger partial charge in [0.1, 0.15) is 0 Å². The van der Waals surface area contributed by atoms with Crippen molar-refractivity contribution in [1.29, 1.82) is 0 Å². The average Bonchev–Trinajstić information content (AvgIpc) is 3.11. The van der Waals surface area contributed by atoms with Gasteiger partial charge in [0.15, 0.2) is 5.60 Å². The summed E-state index contributed by atoms with van der Waals surface area (Å²) in [6.07, 6.45) is -3.77. The van der Waals surface area contributed by atoms with Crippen molar-refractivity contribution in [2.45, 2.75) is 18.2 Å². The van der Waals surface area contributed by atoms with Gasteiger partial charge in [0.05, 0.1) is 17.4 Å². The summed E-state index contributed by atoms with van der Waals surface area (Å²) >= 11 is 0. The highest BCUT2D eigenvalue weighted by molar-refractivity contribution is 5.81. The normalized spacial score (nSPS) is 14.1. The Balaban J connectivity index is 1.73. The van der Waals surface area contributed by atoms with Crippen LogP contribution in [0.1, 0.15) is 11.1 Å². The van der Waals surface area contributed by atoms with Crippen molar-refractivity contribution >= 4 is 10.9 Å². The number of aromatic nitrogens is 2. The van der Waals surface area contributed by atoms with Gasteiger partial charge in [0.25, 0.3) is 0 Å². The quantitative estimate of drug-likeness (QED) is 0.538. The third-order valence-electron chi connectivity index (χ3n) is 4.81. The molecule has 1 aromatic heterocycles. The van der Waals surface area contributed by atoms with Gasteiger partial charge in [0.2, 0.25) is 0 Å².